The summed E-state index contributed by atoms with van der Waals surface area (Å²) in [5.74, 6) is -0.0288. The highest BCUT2D eigenvalue weighted by Gasteiger charge is 2.27. The number of hydrogen-bond acceptors (Lipinski definition) is 2. The minimum Gasteiger partial charge on any atom is -0.352 e. The van der Waals surface area contributed by atoms with E-state index in [9.17, 15) is 9.59 Å². The molecule has 0 bridgehead atoms. The number of amides is 2. The summed E-state index contributed by atoms with van der Waals surface area (Å²) in [5.41, 5.74) is 4.57. The van der Waals surface area contributed by atoms with E-state index in [4.69, 9.17) is 0 Å². The molecule has 0 radical (unpaired) electrons. The zero-order chi connectivity index (χ0) is 22.2. The number of nitrogens with zero attached hydrogens (tertiary/aromatic N) is 1. The van der Waals surface area contributed by atoms with Crippen molar-refractivity contribution in [3.05, 3.63) is 70.8 Å². The fourth-order valence-electron chi connectivity index (χ4n) is 4.33. The average Bonchev–Trinajstić information content (AvgIpc) is 2.77. The van der Waals surface area contributed by atoms with E-state index < -0.39 is 6.04 Å². The van der Waals surface area contributed by atoms with Gasteiger partial charge in [-0.1, -0.05) is 67.8 Å². The van der Waals surface area contributed by atoms with Crippen LogP contribution in [0.3, 0.4) is 0 Å². The molecule has 1 saturated carbocycles. The molecule has 2 amide bonds. The molecule has 4 heteroatoms. The topological polar surface area (TPSA) is 49.4 Å². The van der Waals surface area contributed by atoms with E-state index in [0.717, 1.165) is 24.8 Å². The van der Waals surface area contributed by atoms with Crippen LogP contribution in [0.15, 0.2) is 48.5 Å². The molecule has 1 aliphatic carbocycles. The highest BCUT2D eigenvalue weighted by atomic mass is 16.2. The van der Waals surface area contributed by atoms with Crippen molar-refractivity contribution in [2.24, 2.45) is 0 Å². The van der Waals surface area contributed by atoms with Crippen LogP contribution in [0.1, 0.15) is 61.3 Å². The molecule has 0 aromatic heterocycles. The average molecular weight is 421 g/mol. The van der Waals surface area contributed by atoms with Crippen molar-refractivity contribution in [2.75, 3.05) is 6.54 Å². The van der Waals surface area contributed by atoms with Crippen molar-refractivity contribution < 1.29 is 9.59 Å². The Morgan fingerprint density at radius 2 is 1.68 bits per heavy atom. The lowest BCUT2D eigenvalue weighted by molar-refractivity contribution is -0.139. The summed E-state index contributed by atoms with van der Waals surface area (Å²) >= 11 is 0. The normalized spacial score (nSPS) is 15.3. The van der Waals surface area contributed by atoms with E-state index in [-0.39, 0.29) is 17.9 Å². The van der Waals surface area contributed by atoms with Gasteiger partial charge in [-0.15, -0.1) is 0 Å². The molecule has 0 spiro atoms. The monoisotopic (exact) mass is 420 g/mol. The third-order valence-corrected chi connectivity index (χ3v) is 6.53. The van der Waals surface area contributed by atoms with Crippen molar-refractivity contribution >= 4 is 11.8 Å². The van der Waals surface area contributed by atoms with Gasteiger partial charge in [-0.3, -0.25) is 9.59 Å². The summed E-state index contributed by atoms with van der Waals surface area (Å²) in [4.78, 5) is 28.1. The van der Waals surface area contributed by atoms with E-state index in [1.165, 1.54) is 36.0 Å². The second-order valence-electron chi connectivity index (χ2n) is 8.94. The molecule has 3 rings (SSSR count). The van der Waals surface area contributed by atoms with Gasteiger partial charge in [0.05, 0.1) is 6.42 Å². The van der Waals surface area contributed by atoms with E-state index >= 15 is 0 Å². The van der Waals surface area contributed by atoms with Crippen molar-refractivity contribution in [2.45, 2.75) is 77.8 Å². The highest BCUT2D eigenvalue weighted by Crippen LogP contribution is 2.18. The van der Waals surface area contributed by atoms with E-state index in [2.05, 4.69) is 43.4 Å². The molecule has 1 atom stereocenters. The molecule has 1 fully saturated rings. The van der Waals surface area contributed by atoms with Gasteiger partial charge in [-0.25, -0.2) is 0 Å². The SMILES string of the molecule is Cc1ccc(CC(=O)N(CCc2ccccc2)C(C)C(=O)NC2CCCCC2)cc1C. The fourth-order valence-corrected chi connectivity index (χ4v) is 4.33. The molecule has 2 aromatic carbocycles. The quantitative estimate of drug-likeness (QED) is 0.670. The number of carbonyl (C=O) groups excluding carboxylic acids is 2. The summed E-state index contributed by atoms with van der Waals surface area (Å²) < 4.78 is 0. The van der Waals surface area contributed by atoms with Crippen LogP contribution in [0, 0.1) is 13.8 Å². The number of hydrogen-bond donors (Lipinski definition) is 1. The minimum absolute atomic E-state index is 0.00507. The van der Waals surface area contributed by atoms with Gasteiger partial charge >= 0.3 is 0 Å². The lowest BCUT2D eigenvalue weighted by Crippen LogP contribution is -2.51. The lowest BCUT2D eigenvalue weighted by atomic mass is 9.95. The Morgan fingerprint density at radius 3 is 2.35 bits per heavy atom. The van der Waals surface area contributed by atoms with Crippen LogP contribution in [0.25, 0.3) is 0 Å². The van der Waals surface area contributed by atoms with Crippen molar-refractivity contribution in [3.63, 3.8) is 0 Å². The Morgan fingerprint density at radius 1 is 0.968 bits per heavy atom. The molecule has 2 aromatic rings. The Hall–Kier alpha value is -2.62. The number of aryl methyl sites for hydroxylation is 2. The largest absolute Gasteiger partial charge is 0.352 e. The molecule has 1 unspecified atom stereocenters. The van der Waals surface area contributed by atoms with Crippen molar-refractivity contribution in [1.82, 2.24) is 10.2 Å². The highest BCUT2D eigenvalue weighted by molar-refractivity contribution is 5.88. The predicted octanol–water partition coefficient (Wildman–Crippen LogP) is 4.75. The zero-order valence-corrected chi connectivity index (χ0v) is 19.2. The van der Waals surface area contributed by atoms with Crippen LogP contribution in [-0.2, 0) is 22.4 Å². The summed E-state index contributed by atoms with van der Waals surface area (Å²) in [6.45, 7) is 6.54. The van der Waals surface area contributed by atoms with Gasteiger partial charge in [-0.2, -0.15) is 0 Å². The molecule has 1 aliphatic rings. The predicted molar refractivity (Wildman–Crippen MR) is 126 cm³/mol. The molecule has 31 heavy (non-hydrogen) atoms. The first-order chi connectivity index (χ1) is 14.9. The summed E-state index contributed by atoms with van der Waals surface area (Å²) in [6.07, 6.45) is 6.72. The lowest BCUT2D eigenvalue weighted by Gasteiger charge is -2.31. The molecule has 0 saturated heterocycles. The van der Waals surface area contributed by atoms with E-state index in [1.54, 1.807) is 4.90 Å². The third-order valence-electron chi connectivity index (χ3n) is 6.53. The number of nitrogens with one attached hydrogen (secondary N) is 1. The first-order valence-corrected chi connectivity index (χ1v) is 11.6. The van der Waals surface area contributed by atoms with Gasteiger partial charge in [0, 0.05) is 12.6 Å². The minimum atomic E-state index is -0.482. The van der Waals surface area contributed by atoms with Gasteiger partial charge in [0.2, 0.25) is 11.8 Å². The van der Waals surface area contributed by atoms with Crippen LogP contribution in [-0.4, -0.2) is 35.3 Å². The second kappa shape index (κ2) is 11.1. The van der Waals surface area contributed by atoms with Crippen LogP contribution in [0.4, 0.5) is 0 Å². The number of rotatable bonds is 8. The van der Waals surface area contributed by atoms with E-state index in [1.807, 2.05) is 31.2 Å². The Balaban J connectivity index is 1.71. The Bertz CT molecular complexity index is 872. The fraction of sp³-hybridized carbons (Fsp3) is 0.481. The first kappa shape index (κ1) is 23.1. The maximum atomic E-state index is 13.3. The molecule has 1 N–H and O–H groups in total. The number of benzene rings is 2. The van der Waals surface area contributed by atoms with Gasteiger partial charge in [0.25, 0.3) is 0 Å². The van der Waals surface area contributed by atoms with Gasteiger partial charge in [-0.05, 0) is 62.3 Å². The Kier molecular flexibility index (Phi) is 8.27. The maximum absolute atomic E-state index is 13.3. The standard InChI is InChI=1S/C27H36N2O2/c1-20-14-15-24(18-21(20)2)19-26(30)29(17-16-23-10-6-4-7-11-23)22(3)27(31)28-25-12-8-5-9-13-25/h4,6-7,10-11,14-15,18,22,25H,5,8-9,12-13,16-17,19H2,1-3H3,(H,28,31). The first-order valence-electron chi connectivity index (χ1n) is 11.6. The van der Waals surface area contributed by atoms with Crippen LogP contribution in [0.5, 0.6) is 0 Å². The van der Waals surface area contributed by atoms with Crippen molar-refractivity contribution in [3.8, 4) is 0 Å². The summed E-state index contributed by atoms with van der Waals surface area (Å²) in [6, 6.07) is 16.1. The smallest absolute Gasteiger partial charge is 0.242 e. The zero-order valence-electron chi connectivity index (χ0n) is 19.2. The van der Waals surface area contributed by atoms with E-state index in [0.29, 0.717) is 13.0 Å². The molecule has 166 valence electrons. The number of carbonyl (C=O) groups is 2. The van der Waals surface area contributed by atoms with Gasteiger partial charge in [0.15, 0.2) is 0 Å². The Labute approximate surface area is 187 Å². The summed E-state index contributed by atoms with van der Waals surface area (Å²) in [7, 11) is 0. The molecule has 0 aliphatic heterocycles. The van der Waals surface area contributed by atoms with Crippen LogP contribution in [0.2, 0.25) is 0 Å². The molecule has 4 nitrogen and oxygen atoms in total. The molecule has 0 heterocycles. The maximum Gasteiger partial charge on any atom is 0.242 e. The third kappa shape index (κ3) is 6.68. The van der Waals surface area contributed by atoms with Crippen LogP contribution >= 0.6 is 0 Å². The van der Waals surface area contributed by atoms with Crippen molar-refractivity contribution in [1.29, 1.82) is 0 Å². The summed E-state index contributed by atoms with van der Waals surface area (Å²) in [5, 5.41) is 3.20. The second-order valence-corrected chi connectivity index (χ2v) is 8.94. The van der Waals surface area contributed by atoms with Gasteiger partial charge in [0.1, 0.15) is 6.04 Å². The van der Waals surface area contributed by atoms with Crippen LogP contribution < -0.4 is 5.32 Å². The molecular formula is C27H36N2O2. The molecular weight excluding hydrogens is 384 g/mol. The van der Waals surface area contributed by atoms with Gasteiger partial charge < -0.3 is 10.2 Å².